The molecule has 0 bridgehead atoms. The van der Waals surface area contributed by atoms with Gasteiger partial charge in [-0.3, -0.25) is 29.4 Å². The van der Waals surface area contributed by atoms with Gasteiger partial charge in [-0.2, -0.15) is 0 Å². The van der Waals surface area contributed by atoms with E-state index in [1.54, 1.807) is 9.34 Å². The van der Waals surface area contributed by atoms with Crippen LogP contribution in [0.2, 0.25) is 0 Å². The number of benzene rings is 2. The Bertz CT molecular complexity index is 1090. The molecule has 0 spiro atoms. The lowest BCUT2D eigenvalue weighted by Crippen LogP contribution is -2.42. The average Bonchev–Trinajstić information content (AvgIpc) is 2.77. The van der Waals surface area contributed by atoms with Crippen molar-refractivity contribution in [3.05, 3.63) is 68.8 Å². The summed E-state index contributed by atoms with van der Waals surface area (Å²) in [7, 11) is -8.25. The second kappa shape index (κ2) is 12.0. The van der Waals surface area contributed by atoms with Crippen LogP contribution in [0.25, 0.3) is 0 Å². The van der Waals surface area contributed by atoms with Gasteiger partial charge in [0, 0.05) is 48.4 Å². The molecule has 2 aromatic carbocycles. The fourth-order valence-corrected chi connectivity index (χ4v) is 11.2. The zero-order valence-electron chi connectivity index (χ0n) is 22.5. The van der Waals surface area contributed by atoms with Gasteiger partial charge < -0.3 is 0 Å². The molecule has 2 rings (SSSR count). The maximum Gasteiger partial charge on any atom is 0.309 e. The summed E-state index contributed by atoms with van der Waals surface area (Å²) < 4.78 is 39.7. The smallest absolute Gasteiger partial charge is 0.269 e. The lowest BCUT2D eigenvalue weighted by molar-refractivity contribution is -0.385. The van der Waals surface area contributed by atoms with Crippen molar-refractivity contribution in [2.75, 3.05) is 0 Å². The van der Waals surface area contributed by atoms with E-state index in [-0.39, 0.29) is 46.2 Å². The Balaban J connectivity index is 2.87. The Morgan fingerprint density at radius 3 is 1.03 bits per heavy atom. The Labute approximate surface area is 218 Å². The number of non-ortho nitro benzene ring substituents is 2. The Morgan fingerprint density at radius 1 is 0.595 bits per heavy atom. The number of rotatable bonds is 12. The standard InChI is InChI=1S/C24H36N4O7P2/c1-17(2)25(18(3)4)36(33,23-13-9-21(10-14-23)27(29)30)35-37(34,26(19(5)6)20(7)8)24-15-11-22(12-16-24)28(31)32/h9-20H,1-8H3/t36-,37+. The maximum atomic E-state index is 15.0. The molecule has 13 heteroatoms. The highest BCUT2D eigenvalue weighted by Crippen LogP contribution is 2.67. The van der Waals surface area contributed by atoms with Gasteiger partial charge >= 0.3 is 15.0 Å². The summed E-state index contributed by atoms with van der Waals surface area (Å²) in [5.74, 6) is 0. The molecule has 0 fully saturated rings. The Kier molecular flexibility index (Phi) is 9.96. The molecule has 37 heavy (non-hydrogen) atoms. The molecule has 0 heterocycles. The molecule has 0 radical (unpaired) electrons. The SMILES string of the molecule is CC(C)N(C(C)C)[P@@](=O)(O[P@](=O)(c1ccc([N+](=O)[O-])cc1)N(C(C)C)C(C)C)c1ccc([N+](=O)[O-])cc1. The fourth-order valence-electron chi connectivity index (χ4n) is 4.53. The molecule has 0 aliphatic carbocycles. The molecule has 0 N–H and O–H groups in total. The Hall–Kier alpha value is -2.42. The lowest BCUT2D eigenvalue weighted by Gasteiger charge is -2.43. The normalized spacial score (nSPS) is 15.5. The van der Waals surface area contributed by atoms with E-state index in [1.807, 2.05) is 55.4 Å². The molecular formula is C24H36N4O7P2. The van der Waals surface area contributed by atoms with E-state index < -0.39 is 24.9 Å². The van der Waals surface area contributed by atoms with Crippen molar-refractivity contribution in [2.45, 2.75) is 79.6 Å². The van der Waals surface area contributed by atoms with Crippen LogP contribution in [0.15, 0.2) is 48.5 Å². The molecule has 0 aromatic heterocycles. The van der Waals surface area contributed by atoms with Crippen molar-refractivity contribution < 1.29 is 23.3 Å². The zero-order chi connectivity index (χ0) is 28.3. The quantitative estimate of drug-likeness (QED) is 0.173. The van der Waals surface area contributed by atoms with E-state index in [2.05, 4.69) is 0 Å². The van der Waals surface area contributed by atoms with Gasteiger partial charge in [0.1, 0.15) is 0 Å². The number of hydrogen-bond acceptors (Lipinski definition) is 7. The van der Waals surface area contributed by atoms with E-state index in [9.17, 15) is 20.2 Å². The third-order valence-electron chi connectivity index (χ3n) is 5.72. The summed E-state index contributed by atoms with van der Waals surface area (Å²) in [6.07, 6.45) is 0. The first-order valence-electron chi connectivity index (χ1n) is 12.0. The van der Waals surface area contributed by atoms with Crippen LogP contribution in [0, 0.1) is 20.2 Å². The number of nitro benzene ring substituents is 2. The Morgan fingerprint density at radius 2 is 0.838 bits per heavy atom. The molecule has 11 nitrogen and oxygen atoms in total. The van der Waals surface area contributed by atoms with Crippen molar-refractivity contribution in [1.29, 1.82) is 0 Å². The molecular weight excluding hydrogens is 518 g/mol. The summed E-state index contributed by atoms with van der Waals surface area (Å²) in [6, 6.07) is 9.20. The maximum absolute atomic E-state index is 15.0. The summed E-state index contributed by atoms with van der Waals surface area (Å²) in [4.78, 5) is 21.4. The largest absolute Gasteiger partial charge is 0.309 e. The van der Waals surface area contributed by atoms with Gasteiger partial charge in [0.25, 0.3) is 11.4 Å². The molecule has 0 saturated heterocycles. The molecule has 2 aromatic rings. The molecule has 0 unspecified atom stereocenters. The first-order chi connectivity index (χ1) is 17.1. The predicted molar refractivity (Wildman–Crippen MR) is 146 cm³/mol. The van der Waals surface area contributed by atoms with Crippen LogP contribution in [0.1, 0.15) is 55.4 Å². The van der Waals surface area contributed by atoms with E-state index in [1.165, 1.54) is 48.5 Å². The van der Waals surface area contributed by atoms with Crippen LogP contribution < -0.4 is 10.6 Å². The molecule has 0 aliphatic rings. The molecule has 0 amide bonds. The topological polar surface area (TPSA) is 136 Å². The lowest BCUT2D eigenvalue weighted by atomic mass is 10.3. The second-order valence-corrected chi connectivity index (χ2v) is 14.5. The van der Waals surface area contributed by atoms with E-state index in [4.69, 9.17) is 4.31 Å². The van der Waals surface area contributed by atoms with Gasteiger partial charge in [-0.05, 0) is 79.7 Å². The highest BCUT2D eigenvalue weighted by atomic mass is 31.2. The van der Waals surface area contributed by atoms with Crippen molar-refractivity contribution in [1.82, 2.24) is 9.34 Å². The van der Waals surface area contributed by atoms with Gasteiger partial charge in [-0.15, -0.1) is 0 Å². The third-order valence-corrected chi connectivity index (χ3v) is 12.5. The van der Waals surface area contributed by atoms with Crippen LogP contribution in [0.4, 0.5) is 11.4 Å². The number of nitrogens with zero attached hydrogens (tertiary/aromatic N) is 4. The van der Waals surface area contributed by atoms with Gasteiger partial charge in [0.05, 0.1) is 20.5 Å². The van der Waals surface area contributed by atoms with Crippen molar-refractivity contribution >= 4 is 37.0 Å². The minimum Gasteiger partial charge on any atom is -0.269 e. The summed E-state index contributed by atoms with van der Waals surface area (Å²) in [6.45, 7) is 14.7. The van der Waals surface area contributed by atoms with Gasteiger partial charge in [-0.1, -0.05) is 0 Å². The average molecular weight is 555 g/mol. The van der Waals surface area contributed by atoms with E-state index in [0.717, 1.165) is 0 Å². The fraction of sp³-hybridized carbons (Fsp3) is 0.500. The monoisotopic (exact) mass is 554 g/mol. The van der Waals surface area contributed by atoms with Crippen LogP contribution in [0.5, 0.6) is 0 Å². The number of hydrogen-bond donors (Lipinski definition) is 0. The van der Waals surface area contributed by atoms with Gasteiger partial charge in [-0.25, -0.2) is 13.7 Å². The van der Waals surface area contributed by atoms with Crippen molar-refractivity contribution in [3.63, 3.8) is 0 Å². The van der Waals surface area contributed by atoms with Gasteiger partial charge in [0.15, 0.2) is 0 Å². The van der Waals surface area contributed by atoms with Gasteiger partial charge in [0.2, 0.25) is 0 Å². The van der Waals surface area contributed by atoms with Crippen LogP contribution in [0.3, 0.4) is 0 Å². The second-order valence-electron chi connectivity index (χ2n) is 9.80. The van der Waals surface area contributed by atoms with Crippen LogP contribution >= 0.6 is 15.0 Å². The van der Waals surface area contributed by atoms with Crippen molar-refractivity contribution in [2.24, 2.45) is 0 Å². The summed E-state index contributed by atoms with van der Waals surface area (Å²) in [5.41, 5.74) is -0.360. The highest BCUT2D eigenvalue weighted by Gasteiger charge is 2.48. The molecule has 0 saturated carbocycles. The molecule has 204 valence electrons. The number of nitro groups is 2. The van der Waals surface area contributed by atoms with E-state index in [0.29, 0.717) is 0 Å². The highest BCUT2D eigenvalue weighted by molar-refractivity contribution is 7.77. The third kappa shape index (κ3) is 6.54. The van der Waals surface area contributed by atoms with Crippen LogP contribution in [-0.4, -0.2) is 43.4 Å². The first kappa shape index (κ1) is 30.8. The van der Waals surface area contributed by atoms with Crippen molar-refractivity contribution in [3.8, 4) is 0 Å². The summed E-state index contributed by atoms with van der Waals surface area (Å²) >= 11 is 0. The summed E-state index contributed by atoms with van der Waals surface area (Å²) in [5, 5.41) is 22.8. The minimum absolute atomic E-state index is 0.162. The van der Waals surface area contributed by atoms with Crippen LogP contribution in [-0.2, 0) is 13.4 Å². The molecule has 0 aliphatic heterocycles. The predicted octanol–water partition coefficient (Wildman–Crippen LogP) is 6.09. The molecule has 2 atom stereocenters. The first-order valence-corrected chi connectivity index (χ1v) is 15.2. The zero-order valence-corrected chi connectivity index (χ0v) is 24.3. The van der Waals surface area contributed by atoms with E-state index >= 15 is 9.13 Å². The minimum atomic E-state index is -4.12.